The van der Waals surface area contributed by atoms with Crippen LogP contribution in [-0.4, -0.2) is 31.9 Å². The van der Waals surface area contributed by atoms with Crippen LogP contribution in [0.5, 0.6) is 0 Å². The van der Waals surface area contributed by atoms with E-state index in [1.165, 1.54) is 0 Å². The van der Waals surface area contributed by atoms with Crippen molar-refractivity contribution in [1.29, 1.82) is 0 Å². The number of hydrogen-bond acceptors (Lipinski definition) is 4. The molecule has 3 rings (SSSR count). The molecule has 3 N–H and O–H groups in total. The fourth-order valence-electron chi connectivity index (χ4n) is 3.07. The maximum absolute atomic E-state index is 6.23. The van der Waals surface area contributed by atoms with Crippen molar-refractivity contribution in [3.8, 4) is 0 Å². The Hall–Kier alpha value is -1.82. The Morgan fingerprint density at radius 3 is 2.24 bits per heavy atom. The minimum Gasteiger partial charge on any atom is -0.400 e. The summed E-state index contributed by atoms with van der Waals surface area (Å²) >= 11 is 0. The number of nitrogens with one attached hydrogen (secondary N) is 1. The van der Waals surface area contributed by atoms with Crippen molar-refractivity contribution in [2.24, 2.45) is 0 Å². The quantitative estimate of drug-likeness (QED) is 0.660. The summed E-state index contributed by atoms with van der Waals surface area (Å²) in [5, 5.41) is 5.42. The molecule has 1 aliphatic rings. The Morgan fingerprint density at radius 2 is 1.64 bits per heavy atom. The summed E-state index contributed by atoms with van der Waals surface area (Å²) in [6.45, 7) is 8.98. The van der Waals surface area contributed by atoms with E-state index in [4.69, 9.17) is 15.0 Å². The van der Waals surface area contributed by atoms with Crippen LogP contribution >= 0.6 is 0 Å². The minimum atomic E-state index is -0.367. The summed E-state index contributed by atoms with van der Waals surface area (Å²) in [5.74, 6) is 0. The third-order valence-corrected chi connectivity index (χ3v) is 5.27. The zero-order chi connectivity index (χ0) is 18.2. The van der Waals surface area contributed by atoms with Gasteiger partial charge in [-0.3, -0.25) is 0 Å². The molecule has 2 aromatic carbocycles. The molecule has 0 unspecified atom stereocenters. The molecule has 0 bridgehead atoms. The van der Waals surface area contributed by atoms with Gasteiger partial charge in [0.25, 0.3) is 0 Å². The third kappa shape index (κ3) is 3.32. The van der Waals surface area contributed by atoms with Gasteiger partial charge in [0.05, 0.1) is 11.2 Å². The predicted molar refractivity (Wildman–Crippen MR) is 106 cm³/mol. The summed E-state index contributed by atoms with van der Waals surface area (Å²) in [4.78, 5) is 0. The molecule has 1 heterocycles. The average molecular weight is 338 g/mol. The summed E-state index contributed by atoms with van der Waals surface area (Å²) in [6, 6.07) is 12.2. The van der Waals surface area contributed by atoms with Gasteiger partial charge in [-0.25, -0.2) is 0 Å². The molecule has 2 aromatic rings. The number of likely N-dealkylation sites (N-methyl/N-ethyl adjacent to an activating group) is 1. The highest BCUT2D eigenvalue weighted by atomic mass is 16.7. The Morgan fingerprint density at radius 1 is 1.04 bits per heavy atom. The van der Waals surface area contributed by atoms with E-state index in [9.17, 15) is 0 Å². The summed E-state index contributed by atoms with van der Waals surface area (Å²) in [7, 11) is 1.56. The molecule has 1 aliphatic heterocycles. The van der Waals surface area contributed by atoms with Gasteiger partial charge in [-0.05, 0) is 57.2 Å². The van der Waals surface area contributed by atoms with Gasteiger partial charge in [0.15, 0.2) is 0 Å². The third-order valence-electron chi connectivity index (χ3n) is 5.27. The lowest BCUT2D eigenvalue weighted by Crippen LogP contribution is -2.41. The Labute approximate surface area is 150 Å². The smallest absolute Gasteiger partial charge is 0.400 e. The number of benzene rings is 2. The summed E-state index contributed by atoms with van der Waals surface area (Å²) in [6.07, 6.45) is 2.15. The second-order valence-corrected chi connectivity index (χ2v) is 7.63. The number of fused-ring (bicyclic) bond motifs is 1. The standard InChI is InChI=1S/C20H27BN2O2/c1-19(2)20(3,4)25-21(24-19)15(13-23-5)12-14-10-11-18(22)17-9-7-6-8-16(14)17/h6-12,23H,13,22H2,1-5H3. The molecule has 0 amide bonds. The van der Waals surface area contributed by atoms with Crippen LogP contribution in [0.2, 0.25) is 0 Å². The van der Waals surface area contributed by atoms with Gasteiger partial charge in [-0.2, -0.15) is 0 Å². The highest BCUT2D eigenvalue weighted by Gasteiger charge is 2.52. The molecule has 132 valence electrons. The first-order valence-corrected chi connectivity index (χ1v) is 8.73. The number of nitrogens with two attached hydrogens (primary N) is 1. The largest absolute Gasteiger partial charge is 0.491 e. The number of hydrogen-bond donors (Lipinski definition) is 2. The van der Waals surface area contributed by atoms with Gasteiger partial charge in [0, 0.05) is 17.6 Å². The lowest BCUT2D eigenvalue weighted by Gasteiger charge is -2.32. The van der Waals surface area contributed by atoms with Gasteiger partial charge in [-0.15, -0.1) is 0 Å². The van der Waals surface area contributed by atoms with Gasteiger partial charge < -0.3 is 20.4 Å². The number of rotatable bonds is 4. The molecule has 0 atom stereocenters. The molecule has 4 nitrogen and oxygen atoms in total. The first-order chi connectivity index (χ1) is 11.7. The van der Waals surface area contributed by atoms with Crippen molar-refractivity contribution in [1.82, 2.24) is 5.32 Å². The van der Waals surface area contributed by atoms with Crippen LogP contribution in [0.15, 0.2) is 41.9 Å². The minimum absolute atomic E-state index is 0.353. The normalized spacial score (nSPS) is 19.6. The van der Waals surface area contributed by atoms with E-state index in [-0.39, 0.29) is 18.3 Å². The van der Waals surface area contributed by atoms with Gasteiger partial charge in [-0.1, -0.05) is 36.4 Å². The number of nitrogen functional groups attached to an aromatic ring is 1. The molecule has 0 radical (unpaired) electrons. The van der Waals surface area contributed by atoms with Crippen LogP contribution in [0.4, 0.5) is 5.69 Å². The van der Waals surface area contributed by atoms with Crippen LogP contribution in [0.25, 0.3) is 16.8 Å². The van der Waals surface area contributed by atoms with Crippen LogP contribution < -0.4 is 11.1 Å². The molecule has 1 fully saturated rings. The lowest BCUT2D eigenvalue weighted by atomic mass is 9.76. The van der Waals surface area contributed by atoms with Crippen LogP contribution in [0.3, 0.4) is 0 Å². The van der Waals surface area contributed by atoms with Crippen molar-refractivity contribution in [2.75, 3.05) is 19.3 Å². The molecular formula is C20H27BN2O2. The predicted octanol–water partition coefficient (Wildman–Crippen LogP) is 3.66. The highest BCUT2D eigenvalue weighted by molar-refractivity contribution is 6.56. The maximum Gasteiger partial charge on any atom is 0.491 e. The van der Waals surface area contributed by atoms with Gasteiger partial charge >= 0.3 is 7.12 Å². The van der Waals surface area contributed by atoms with Crippen molar-refractivity contribution in [3.63, 3.8) is 0 Å². The van der Waals surface area contributed by atoms with Crippen LogP contribution in [-0.2, 0) is 9.31 Å². The second kappa shape index (κ2) is 6.48. The van der Waals surface area contributed by atoms with E-state index in [0.717, 1.165) is 27.5 Å². The second-order valence-electron chi connectivity index (χ2n) is 7.63. The van der Waals surface area contributed by atoms with Crippen molar-refractivity contribution < 1.29 is 9.31 Å². The topological polar surface area (TPSA) is 56.5 Å². The fourth-order valence-corrected chi connectivity index (χ4v) is 3.07. The van der Waals surface area contributed by atoms with Crippen molar-refractivity contribution >= 4 is 29.7 Å². The van der Waals surface area contributed by atoms with Gasteiger partial charge in [0.1, 0.15) is 0 Å². The molecule has 1 saturated heterocycles. The van der Waals surface area contributed by atoms with Gasteiger partial charge in [0.2, 0.25) is 0 Å². The molecular weight excluding hydrogens is 311 g/mol. The van der Waals surface area contributed by atoms with Crippen LogP contribution in [0, 0.1) is 0 Å². The van der Waals surface area contributed by atoms with Crippen molar-refractivity contribution in [2.45, 2.75) is 38.9 Å². The Balaban J connectivity index is 2.04. The monoisotopic (exact) mass is 338 g/mol. The fraction of sp³-hybridized carbons (Fsp3) is 0.400. The van der Waals surface area contributed by atoms with E-state index < -0.39 is 0 Å². The first-order valence-electron chi connectivity index (χ1n) is 8.73. The molecule has 25 heavy (non-hydrogen) atoms. The SMILES string of the molecule is CNCC(=Cc1ccc(N)c2ccccc12)B1OC(C)(C)C(C)(C)O1. The summed E-state index contributed by atoms with van der Waals surface area (Å²) in [5.41, 5.74) is 8.39. The summed E-state index contributed by atoms with van der Waals surface area (Å²) < 4.78 is 12.5. The molecule has 0 saturated carbocycles. The van der Waals surface area contributed by atoms with E-state index in [1.807, 2.05) is 25.2 Å². The van der Waals surface area contributed by atoms with E-state index in [2.05, 4.69) is 57.3 Å². The lowest BCUT2D eigenvalue weighted by molar-refractivity contribution is 0.00578. The van der Waals surface area contributed by atoms with Crippen LogP contribution in [0.1, 0.15) is 33.3 Å². The zero-order valence-corrected chi connectivity index (χ0v) is 15.7. The molecule has 0 aliphatic carbocycles. The molecule has 0 aromatic heterocycles. The van der Waals surface area contributed by atoms with E-state index >= 15 is 0 Å². The molecule has 0 spiro atoms. The Bertz CT molecular complexity index is 798. The van der Waals surface area contributed by atoms with Crippen molar-refractivity contribution in [3.05, 3.63) is 47.4 Å². The van der Waals surface area contributed by atoms with E-state index in [0.29, 0.717) is 6.54 Å². The highest BCUT2D eigenvalue weighted by Crippen LogP contribution is 2.39. The average Bonchev–Trinajstić information content (AvgIpc) is 2.77. The zero-order valence-electron chi connectivity index (χ0n) is 15.7. The maximum atomic E-state index is 6.23. The Kier molecular flexibility index (Phi) is 4.67. The molecule has 5 heteroatoms. The first kappa shape index (κ1) is 18.0. The number of anilines is 1. The van der Waals surface area contributed by atoms with E-state index in [1.54, 1.807) is 0 Å².